The fourth-order valence-corrected chi connectivity index (χ4v) is 7.27. The van der Waals surface area contributed by atoms with Gasteiger partial charge in [-0.1, -0.05) is 26.0 Å². The fourth-order valence-electron chi connectivity index (χ4n) is 7.27. The Morgan fingerprint density at radius 1 is 1.08 bits per heavy atom. The van der Waals surface area contributed by atoms with Crippen LogP contribution in [0.25, 0.3) is 0 Å². The van der Waals surface area contributed by atoms with Crippen LogP contribution < -0.4 is 0 Å². The standard InChI is InChI=1S/C23H32O3/c1-22-9-7-17(24)13-15(22)3-5-18-19-6-4-16(14-21-25-11-12-26-21)23(19,2)10-8-20(18)22/h3,5,13,16,18-21H,4,6-12,14H2,1-2H3/t16-,18?,19?,20?,22?,23?/m1/s1. The molecule has 0 aromatic carbocycles. The molecular weight excluding hydrogens is 324 g/mol. The second-order valence-electron chi connectivity index (χ2n) is 9.86. The van der Waals surface area contributed by atoms with E-state index in [1.165, 1.54) is 31.3 Å². The quantitative estimate of drug-likeness (QED) is 0.721. The van der Waals surface area contributed by atoms with E-state index < -0.39 is 0 Å². The van der Waals surface area contributed by atoms with E-state index >= 15 is 0 Å². The first kappa shape index (κ1) is 17.2. The highest BCUT2D eigenvalue weighted by Crippen LogP contribution is 2.65. The normalized spacial score (nSPS) is 48.1. The van der Waals surface area contributed by atoms with Gasteiger partial charge in [0.1, 0.15) is 0 Å². The molecule has 4 aliphatic carbocycles. The Morgan fingerprint density at radius 2 is 1.88 bits per heavy atom. The molecule has 1 saturated heterocycles. The van der Waals surface area contributed by atoms with E-state index in [-0.39, 0.29) is 11.7 Å². The van der Waals surface area contributed by atoms with Gasteiger partial charge in [-0.15, -0.1) is 0 Å². The number of ketones is 1. The van der Waals surface area contributed by atoms with Crippen LogP contribution in [0.2, 0.25) is 0 Å². The smallest absolute Gasteiger partial charge is 0.158 e. The Balaban J connectivity index is 1.41. The molecule has 1 heterocycles. The van der Waals surface area contributed by atoms with Gasteiger partial charge in [-0.25, -0.2) is 0 Å². The van der Waals surface area contributed by atoms with E-state index in [1.807, 2.05) is 6.08 Å². The topological polar surface area (TPSA) is 35.5 Å². The molecule has 1 aliphatic heterocycles. The van der Waals surface area contributed by atoms with Crippen molar-refractivity contribution in [1.82, 2.24) is 0 Å². The van der Waals surface area contributed by atoms with Crippen molar-refractivity contribution in [2.75, 3.05) is 13.2 Å². The fraction of sp³-hybridized carbons (Fsp3) is 0.783. The molecule has 142 valence electrons. The van der Waals surface area contributed by atoms with Crippen LogP contribution in [-0.2, 0) is 14.3 Å². The maximum Gasteiger partial charge on any atom is 0.158 e. The molecule has 0 amide bonds. The predicted molar refractivity (Wildman–Crippen MR) is 100 cm³/mol. The summed E-state index contributed by atoms with van der Waals surface area (Å²) in [7, 11) is 0. The molecule has 0 spiro atoms. The van der Waals surface area contributed by atoms with Gasteiger partial charge in [-0.05, 0) is 78.3 Å². The molecule has 0 N–H and O–H groups in total. The summed E-state index contributed by atoms with van der Waals surface area (Å²) in [6.45, 7) is 6.50. The summed E-state index contributed by atoms with van der Waals surface area (Å²) < 4.78 is 11.5. The summed E-state index contributed by atoms with van der Waals surface area (Å²) in [4.78, 5) is 11.9. The summed E-state index contributed by atoms with van der Waals surface area (Å²) in [5.74, 6) is 3.21. The molecule has 0 aromatic rings. The van der Waals surface area contributed by atoms with Crippen LogP contribution in [0.1, 0.15) is 58.8 Å². The molecule has 3 fully saturated rings. The summed E-state index contributed by atoms with van der Waals surface area (Å²) >= 11 is 0. The van der Waals surface area contributed by atoms with Gasteiger partial charge in [0.05, 0.1) is 13.2 Å². The maximum atomic E-state index is 11.9. The number of carbonyl (C=O) groups is 1. The molecule has 5 aliphatic rings. The van der Waals surface area contributed by atoms with Gasteiger partial charge in [0.15, 0.2) is 12.1 Å². The highest BCUT2D eigenvalue weighted by atomic mass is 16.7. The summed E-state index contributed by atoms with van der Waals surface area (Å²) in [6.07, 6.45) is 14.9. The van der Waals surface area contributed by atoms with E-state index in [0.717, 1.165) is 44.3 Å². The van der Waals surface area contributed by atoms with Crippen molar-refractivity contribution in [3.8, 4) is 0 Å². The van der Waals surface area contributed by atoms with Crippen molar-refractivity contribution in [3.63, 3.8) is 0 Å². The van der Waals surface area contributed by atoms with E-state index in [9.17, 15) is 4.79 Å². The number of rotatable bonds is 2. The van der Waals surface area contributed by atoms with Crippen molar-refractivity contribution < 1.29 is 14.3 Å². The van der Waals surface area contributed by atoms with Gasteiger partial charge in [0, 0.05) is 12.8 Å². The molecule has 26 heavy (non-hydrogen) atoms. The van der Waals surface area contributed by atoms with Crippen LogP contribution in [0, 0.1) is 34.5 Å². The zero-order valence-electron chi connectivity index (χ0n) is 16.2. The SMILES string of the molecule is CC12CCC(=O)C=C1C=CC1C2CCC2(C)C1CC[C@@H]2CC1OCCO1. The lowest BCUT2D eigenvalue weighted by Crippen LogP contribution is -2.49. The van der Waals surface area contributed by atoms with Crippen molar-refractivity contribution >= 4 is 5.78 Å². The largest absolute Gasteiger partial charge is 0.350 e. The first-order chi connectivity index (χ1) is 12.5. The van der Waals surface area contributed by atoms with Gasteiger partial charge in [-0.2, -0.15) is 0 Å². The summed E-state index contributed by atoms with van der Waals surface area (Å²) in [6, 6.07) is 0. The van der Waals surface area contributed by atoms with Gasteiger partial charge in [0.25, 0.3) is 0 Å². The molecule has 0 bridgehead atoms. The van der Waals surface area contributed by atoms with E-state index in [1.54, 1.807) is 0 Å². The number of ether oxygens (including phenoxy) is 2. The molecule has 5 unspecified atom stereocenters. The van der Waals surface area contributed by atoms with Crippen LogP contribution in [0.4, 0.5) is 0 Å². The first-order valence-corrected chi connectivity index (χ1v) is 10.7. The van der Waals surface area contributed by atoms with Crippen molar-refractivity contribution in [3.05, 3.63) is 23.8 Å². The highest BCUT2D eigenvalue weighted by Gasteiger charge is 2.58. The minimum absolute atomic E-state index is 0.0339. The minimum atomic E-state index is 0.0339. The molecule has 0 radical (unpaired) electrons. The van der Waals surface area contributed by atoms with E-state index in [0.29, 0.717) is 23.0 Å². The Kier molecular flexibility index (Phi) is 3.99. The monoisotopic (exact) mass is 356 g/mol. The minimum Gasteiger partial charge on any atom is -0.350 e. The van der Waals surface area contributed by atoms with E-state index in [4.69, 9.17) is 9.47 Å². The second kappa shape index (κ2) is 6.04. The third-order valence-electron chi connectivity index (χ3n) is 8.88. The molecule has 3 heteroatoms. The van der Waals surface area contributed by atoms with Crippen molar-refractivity contribution in [1.29, 1.82) is 0 Å². The molecule has 2 saturated carbocycles. The Labute approximate surface area is 157 Å². The Morgan fingerprint density at radius 3 is 2.69 bits per heavy atom. The predicted octanol–water partition coefficient (Wildman–Crippen LogP) is 4.67. The molecule has 0 aromatic heterocycles. The number of hydrogen-bond acceptors (Lipinski definition) is 3. The van der Waals surface area contributed by atoms with Gasteiger partial charge >= 0.3 is 0 Å². The molecule has 5 rings (SSSR count). The third-order valence-corrected chi connectivity index (χ3v) is 8.88. The Hall–Kier alpha value is -0.930. The number of carbonyl (C=O) groups excluding carboxylic acids is 1. The first-order valence-electron chi connectivity index (χ1n) is 10.7. The summed E-state index contributed by atoms with van der Waals surface area (Å²) in [5.41, 5.74) is 1.94. The lowest BCUT2D eigenvalue weighted by Gasteiger charge is -2.56. The number of fused-ring (bicyclic) bond motifs is 5. The Bertz CT molecular complexity index is 658. The average Bonchev–Trinajstić information content (AvgIpc) is 3.24. The van der Waals surface area contributed by atoms with Crippen LogP contribution in [-0.4, -0.2) is 25.3 Å². The second-order valence-corrected chi connectivity index (χ2v) is 9.86. The van der Waals surface area contributed by atoms with E-state index in [2.05, 4.69) is 26.0 Å². The van der Waals surface area contributed by atoms with Crippen LogP contribution >= 0.6 is 0 Å². The third kappa shape index (κ3) is 2.43. The molecular formula is C23H32O3. The van der Waals surface area contributed by atoms with Gasteiger partial charge in [0.2, 0.25) is 0 Å². The van der Waals surface area contributed by atoms with Crippen molar-refractivity contribution in [2.45, 2.75) is 65.1 Å². The summed E-state index contributed by atoms with van der Waals surface area (Å²) in [5, 5.41) is 0. The number of allylic oxidation sites excluding steroid dienone is 4. The molecule has 3 nitrogen and oxygen atoms in total. The zero-order chi connectivity index (χ0) is 17.9. The van der Waals surface area contributed by atoms with Crippen LogP contribution in [0.3, 0.4) is 0 Å². The van der Waals surface area contributed by atoms with Gasteiger partial charge < -0.3 is 9.47 Å². The molecule has 6 atom stereocenters. The zero-order valence-corrected chi connectivity index (χ0v) is 16.2. The average molecular weight is 357 g/mol. The maximum absolute atomic E-state index is 11.9. The highest BCUT2D eigenvalue weighted by molar-refractivity contribution is 5.92. The van der Waals surface area contributed by atoms with Gasteiger partial charge in [-0.3, -0.25) is 4.79 Å². The van der Waals surface area contributed by atoms with Crippen molar-refractivity contribution in [2.24, 2.45) is 34.5 Å². The lowest BCUT2D eigenvalue weighted by atomic mass is 9.48. The van der Waals surface area contributed by atoms with Crippen LogP contribution in [0.5, 0.6) is 0 Å². The lowest BCUT2D eigenvalue weighted by molar-refractivity contribution is -0.116. The van der Waals surface area contributed by atoms with Crippen LogP contribution in [0.15, 0.2) is 23.8 Å². The number of hydrogen-bond donors (Lipinski definition) is 0.